The summed E-state index contributed by atoms with van der Waals surface area (Å²) in [5, 5.41) is 5.33. The van der Waals surface area contributed by atoms with E-state index in [-0.39, 0.29) is 0 Å². The van der Waals surface area contributed by atoms with E-state index >= 15 is 0 Å². The molecule has 3 nitrogen and oxygen atoms in total. The number of aryl methyl sites for hydroxylation is 1. The fourth-order valence-corrected chi connectivity index (χ4v) is 2.90. The van der Waals surface area contributed by atoms with Gasteiger partial charge in [-0.1, -0.05) is 23.9 Å². The second kappa shape index (κ2) is 2.68. The van der Waals surface area contributed by atoms with Crippen molar-refractivity contribution >= 4 is 17.4 Å². The molecule has 0 bridgehead atoms. The molecule has 0 fully saturated rings. The smallest absolute Gasteiger partial charge is 0.115 e. The zero-order chi connectivity index (χ0) is 9.71. The summed E-state index contributed by atoms with van der Waals surface area (Å²) in [6, 6.07) is 6.39. The molecule has 1 aromatic rings. The number of thioether (sulfide) groups is 1. The lowest BCUT2D eigenvalue weighted by Crippen LogP contribution is -2.37. The Morgan fingerprint density at radius 2 is 2.21 bits per heavy atom. The summed E-state index contributed by atoms with van der Waals surface area (Å²) >= 11 is 1.82. The average Bonchev–Trinajstić information content (AvgIpc) is 2.63. The number of hydrazine groups is 2. The number of fused-ring (bicyclic) bond motifs is 3. The molecule has 0 saturated heterocycles. The average molecular weight is 205 g/mol. The molecule has 0 atom stereocenters. The molecule has 72 valence electrons. The van der Waals surface area contributed by atoms with E-state index in [0.29, 0.717) is 0 Å². The monoisotopic (exact) mass is 205 g/mol. The maximum absolute atomic E-state index is 3.25. The minimum absolute atomic E-state index is 1.25. The van der Waals surface area contributed by atoms with Crippen LogP contribution < -0.4 is 10.5 Å². The third-order valence-corrected chi connectivity index (χ3v) is 3.65. The van der Waals surface area contributed by atoms with E-state index in [2.05, 4.69) is 41.9 Å². The summed E-state index contributed by atoms with van der Waals surface area (Å²) in [5.41, 5.74) is 5.85. The largest absolute Gasteiger partial charge is 0.298 e. The van der Waals surface area contributed by atoms with Gasteiger partial charge in [0, 0.05) is 18.1 Å². The van der Waals surface area contributed by atoms with Crippen LogP contribution in [-0.4, -0.2) is 12.1 Å². The molecule has 0 saturated carbocycles. The molecule has 14 heavy (non-hydrogen) atoms. The Bertz CT molecular complexity index is 427. The second-order valence-electron chi connectivity index (χ2n) is 3.54. The molecule has 1 aromatic carbocycles. The van der Waals surface area contributed by atoms with Crippen LogP contribution in [0, 0.1) is 6.92 Å². The second-order valence-corrected chi connectivity index (χ2v) is 4.57. The highest BCUT2D eigenvalue weighted by atomic mass is 32.2. The van der Waals surface area contributed by atoms with Crippen LogP contribution in [0.5, 0.6) is 0 Å². The lowest BCUT2D eigenvalue weighted by atomic mass is 10.2. The van der Waals surface area contributed by atoms with Crippen molar-refractivity contribution in [3.8, 4) is 0 Å². The predicted molar refractivity (Wildman–Crippen MR) is 58.5 cm³/mol. The number of nitrogens with zero attached hydrogens (tertiary/aromatic N) is 2. The Balaban J connectivity index is 2.13. The molecule has 2 aliphatic rings. The number of benzene rings is 1. The number of nitrogens with one attached hydrogen (secondary N) is 1. The number of anilines is 1. The summed E-state index contributed by atoms with van der Waals surface area (Å²) in [5.74, 6) is 0. The highest BCUT2D eigenvalue weighted by Crippen LogP contribution is 2.47. The van der Waals surface area contributed by atoms with Crippen molar-refractivity contribution in [2.24, 2.45) is 0 Å². The fourth-order valence-electron chi connectivity index (χ4n) is 1.75. The highest BCUT2D eigenvalue weighted by Gasteiger charge is 2.30. The predicted octanol–water partition coefficient (Wildman–Crippen LogP) is 2.07. The minimum atomic E-state index is 1.25. The minimum Gasteiger partial charge on any atom is -0.298 e. The SMILES string of the molecule is Cc1cccc2c1SC1=CN(C)NN12. The third-order valence-electron chi connectivity index (χ3n) is 2.42. The molecule has 1 N–H and O–H groups in total. The Labute approximate surface area is 87.3 Å². The molecule has 4 heteroatoms. The first-order valence-corrected chi connectivity index (χ1v) is 5.36. The van der Waals surface area contributed by atoms with Crippen molar-refractivity contribution < 1.29 is 0 Å². The van der Waals surface area contributed by atoms with Crippen molar-refractivity contribution in [2.45, 2.75) is 11.8 Å². The van der Waals surface area contributed by atoms with E-state index in [0.717, 1.165) is 0 Å². The quantitative estimate of drug-likeness (QED) is 0.698. The van der Waals surface area contributed by atoms with Crippen LogP contribution in [0.1, 0.15) is 5.56 Å². The van der Waals surface area contributed by atoms with Gasteiger partial charge in [0.1, 0.15) is 5.03 Å². The Hall–Kier alpha value is -1.13. The van der Waals surface area contributed by atoms with Gasteiger partial charge in [0.15, 0.2) is 0 Å². The summed E-state index contributed by atoms with van der Waals surface area (Å²) < 4.78 is 0. The number of hydrogen-bond acceptors (Lipinski definition) is 4. The first-order valence-electron chi connectivity index (χ1n) is 4.54. The molecular formula is C10H11N3S. The van der Waals surface area contributed by atoms with Gasteiger partial charge < -0.3 is 0 Å². The maximum Gasteiger partial charge on any atom is 0.115 e. The molecule has 0 aromatic heterocycles. The Morgan fingerprint density at radius 1 is 1.36 bits per heavy atom. The van der Waals surface area contributed by atoms with Gasteiger partial charge in [0.25, 0.3) is 0 Å². The van der Waals surface area contributed by atoms with Crippen LogP contribution >= 0.6 is 11.8 Å². The molecule has 0 radical (unpaired) electrons. The fraction of sp³-hybridized carbons (Fsp3) is 0.200. The lowest BCUT2D eigenvalue weighted by molar-refractivity contribution is 0.358. The van der Waals surface area contributed by atoms with Crippen LogP contribution in [0.3, 0.4) is 0 Å². The van der Waals surface area contributed by atoms with E-state index in [1.807, 2.05) is 23.8 Å². The Morgan fingerprint density at radius 3 is 3.07 bits per heavy atom. The molecule has 2 aliphatic heterocycles. The standard InChI is InChI=1S/C10H11N3S/c1-7-4-3-5-8-10(7)14-9-6-12(2)11-13(8)9/h3-6,11H,1-2H3. The lowest BCUT2D eigenvalue weighted by Gasteiger charge is -2.18. The third kappa shape index (κ3) is 0.980. The van der Waals surface area contributed by atoms with E-state index in [1.165, 1.54) is 21.2 Å². The number of rotatable bonds is 0. The summed E-state index contributed by atoms with van der Waals surface area (Å²) in [7, 11) is 2.00. The van der Waals surface area contributed by atoms with Crippen molar-refractivity contribution in [1.29, 1.82) is 0 Å². The summed E-state index contributed by atoms with van der Waals surface area (Å²) in [6.45, 7) is 2.15. The van der Waals surface area contributed by atoms with Gasteiger partial charge >= 0.3 is 0 Å². The summed E-state index contributed by atoms with van der Waals surface area (Å²) in [6.07, 6.45) is 2.10. The van der Waals surface area contributed by atoms with E-state index in [9.17, 15) is 0 Å². The molecule has 0 spiro atoms. The van der Waals surface area contributed by atoms with E-state index < -0.39 is 0 Å². The first kappa shape index (κ1) is 8.20. The molecular weight excluding hydrogens is 194 g/mol. The normalized spacial score (nSPS) is 18.3. The van der Waals surface area contributed by atoms with E-state index in [4.69, 9.17) is 0 Å². The van der Waals surface area contributed by atoms with E-state index in [1.54, 1.807) is 0 Å². The Kier molecular flexibility index (Phi) is 1.57. The summed E-state index contributed by atoms with van der Waals surface area (Å²) in [4.78, 5) is 1.36. The van der Waals surface area contributed by atoms with Crippen molar-refractivity contribution in [3.05, 3.63) is 35.0 Å². The molecule has 0 aliphatic carbocycles. The highest BCUT2D eigenvalue weighted by molar-refractivity contribution is 8.03. The molecule has 0 amide bonds. The van der Waals surface area contributed by atoms with Crippen LogP contribution in [0.4, 0.5) is 5.69 Å². The van der Waals surface area contributed by atoms with Gasteiger partial charge in [-0.25, -0.2) is 5.01 Å². The van der Waals surface area contributed by atoms with Crippen LogP contribution in [0.15, 0.2) is 34.3 Å². The van der Waals surface area contributed by atoms with Gasteiger partial charge in [-0.2, -0.15) is 0 Å². The first-order chi connectivity index (χ1) is 6.75. The van der Waals surface area contributed by atoms with Crippen LogP contribution in [0.2, 0.25) is 0 Å². The topological polar surface area (TPSA) is 18.5 Å². The number of hydrogen-bond donors (Lipinski definition) is 1. The molecule has 2 heterocycles. The molecule has 0 unspecified atom stereocenters. The van der Waals surface area contributed by atoms with Gasteiger partial charge in [0.05, 0.1) is 5.69 Å². The zero-order valence-electron chi connectivity index (χ0n) is 8.11. The van der Waals surface area contributed by atoms with Gasteiger partial charge in [-0.05, 0) is 18.6 Å². The van der Waals surface area contributed by atoms with Gasteiger partial charge in [0.2, 0.25) is 0 Å². The van der Waals surface area contributed by atoms with Crippen LogP contribution in [0.25, 0.3) is 0 Å². The van der Waals surface area contributed by atoms with Crippen molar-refractivity contribution in [2.75, 3.05) is 12.1 Å². The zero-order valence-corrected chi connectivity index (χ0v) is 8.93. The van der Waals surface area contributed by atoms with Gasteiger partial charge in [-0.3, -0.25) is 5.01 Å². The van der Waals surface area contributed by atoms with Crippen LogP contribution in [-0.2, 0) is 0 Å². The maximum atomic E-state index is 3.25. The van der Waals surface area contributed by atoms with Crippen molar-refractivity contribution in [1.82, 2.24) is 10.5 Å². The van der Waals surface area contributed by atoms with Gasteiger partial charge in [-0.15, -0.1) is 5.53 Å². The molecule has 3 rings (SSSR count). The van der Waals surface area contributed by atoms with Crippen molar-refractivity contribution in [3.63, 3.8) is 0 Å².